The number of piperidine rings is 1. The average molecular weight is 317 g/mol. The van der Waals surface area contributed by atoms with E-state index in [1.54, 1.807) is 0 Å². The molecule has 1 aromatic rings. The number of rotatable bonds is 5. The Morgan fingerprint density at radius 2 is 2.10 bits per heavy atom. The van der Waals surface area contributed by atoms with Gasteiger partial charge >= 0.3 is 0 Å². The number of hydrogen-bond acceptors (Lipinski definition) is 5. The summed E-state index contributed by atoms with van der Waals surface area (Å²) in [4.78, 5) is 3.40. The van der Waals surface area contributed by atoms with Gasteiger partial charge in [-0.1, -0.05) is 0 Å². The van der Waals surface area contributed by atoms with Gasteiger partial charge in [0.2, 0.25) is 10.0 Å². The van der Waals surface area contributed by atoms with Crippen LogP contribution in [0.4, 0.5) is 0 Å². The number of aryl methyl sites for hydroxylation is 1. The highest BCUT2D eigenvalue weighted by atomic mass is 32.2. The summed E-state index contributed by atoms with van der Waals surface area (Å²) in [6.07, 6.45) is 2.09. The number of sulfonamides is 1. The van der Waals surface area contributed by atoms with E-state index in [9.17, 15) is 8.42 Å². The largest absolute Gasteiger partial charge is 0.326 e. The van der Waals surface area contributed by atoms with Crippen LogP contribution in [0.15, 0.2) is 10.3 Å². The SMILES string of the molecule is Cc1csc(CN)c1S(=O)(=O)NCC1CCN(C)CC1. The maximum absolute atomic E-state index is 12.4. The summed E-state index contributed by atoms with van der Waals surface area (Å²) >= 11 is 1.41. The molecule has 2 rings (SSSR count). The van der Waals surface area contributed by atoms with E-state index in [1.165, 1.54) is 11.3 Å². The summed E-state index contributed by atoms with van der Waals surface area (Å²) in [5.41, 5.74) is 6.41. The summed E-state index contributed by atoms with van der Waals surface area (Å²) in [6, 6.07) is 0. The lowest BCUT2D eigenvalue weighted by atomic mass is 9.98. The van der Waals surface area contributed by atoms with Gasteiger partial charge in [0.05, 0.1) is 0 Å². The lowest BCUT2D eigenvalue weighted by Gasteiger charge is -2.28. The van der Waals surface area contributed by atoms with Crippen molar-refractivity contribution in [3.63, 3.8) is 0 Å². The predicted molar refractivity (Wildman–Crippen MR) is 82.4 cm³/mol. The molecule has 0 amide bonds. The van der Waals surface area contributed by atoms with E-state index in [0.29, 0.717) is 17.4 Å². The third-order valence-electron chi connectivity index (χ3n) is 3.84. The van der Waals surface area contributed by atoms with Crippen molar-refractivity contribution in [3.05, 3.63) is 15.8 Å². The van der Waals surface area contributed by atoms with Crippen LogP contribution in [0.25, 0.3) is 0 Å². The molecule has 1 saturated heterocycles. The topological polar surface area (TPSA) is 75.4 Å². The molecule has 0 aromatic carbocycles. The van der Waals surface area contributed by atoms with Crippen molar-refractivity contribution in [1.82, 2.24) is 9.62 Å². The van der Waals surface area contributed by atoms with Crippen LogP contribution in [0.3, 0.4) is 0 Å². The van der Waals surface area contributed by atoms with E-state index in [-0.39, 0.29) is 6.54 Å². The summed E-state index contributed by atoms with van der Waals surface area (Å²) in [7, 11) is -1.34. The standard InChI is InChI=1S/C13H23N3O2S2/c1-10-9-19-12(7-14)13(10)20(17,18)15-8-11-3-5-16(2)6-4-11/h9,11,15H,3-8,14H2,1-2H3. The molecule has 0 atom stereocenters. The molecule has 3 N–H and O–H groups in total. The van der Waals surface area contributed by atoms with Gasteiger partial charge in [-0.2, -0.15) is 0 Å². The molecule has 0 spiro atoms. The lowest BCUT2D eigenvalue weighted by molar-refractivity contribution is 0.220. The van der Waals surface area contributed by atoms with Crippen molar-refractivity contribution in [2.45, 2.75) is 31.2 Å². The lowest BCUT2D eigenvalue weighted by Crippen LogP contribution is -2.37. The third kappa shape index (κ3) is 3.59. The van der Waals surface area contributed by atoms with Crippen molar-refractivity contribution < 1.29 is 8.42 Å². The quantitative estimate of drug-likeness (QED) is 0.854. The Morgan fingerprint density at radius 1 is 1.45 bits per heavy atom. The number of hydrogen-bond donors (Lipinski definition) is 2. The van der Waals surface area contributed by atoms with Crippen LogP contribution in [0.5, 0.6) is 0 Å². The van der Waals surface area contributed by atoms with Gasteiger partial charge in [0.1, 0.15) is 4.90 Å². The van der Waals surface area contributed by atoms with E-state index < -0.39 is 10.0 Å². The third-order valence-corrected chi connectivity index (χ3v) is 6.75. The molecule has 1 fully saturated rings. The van der Waals surface area contributed by atoms with Crippen molar-refractivity contribution >= 4 is 21.4 Å². The van der Waals surface area contributed by atoms with Gasteiger partial charge in [0, 0.05) is 18.0 Å². The highest BCUT2D eigenvalue weighted by Gasteiger charge is 2.24. The molecule has 0 aliphatic carbocycles. The average Bonchev–Trinajstić information content (AvgIpc) is 2.80. The van der Waals surface area contributed by atoms with E-state index in [2.05, 4.69) is 16.7 Å². The Hall–Kier alpha value is -0.470. The molecule has 0 radical (unpaired) electrons. The van der Waals surface area contributed by atoms with Gasteiger partial charge in [0.15, 0.2) is 0 Å². The highest BCUT2D eigenvalue weighted by Crippen LogP contribution is 2.26. The van der Waals surface area contributed by atoms with Crippen LogP contribution >= 0.6 is 11.3 Å². The summed E-state index contributed by atoms with van der Waals surface area (Å²) in [5, 5.41) is 1.85. The second-order valence-corrected chi connectivity index (χ2v) is 8.14. The minimum absolute atomic E-state index is 0.267. The van der Waals surface area contributed by atoms with Crippen LogP contribution < -0.4 is 10.5 Å². The Kier molecular flexibility index (Phi) is 5.19. The first kappa shape index (κ1) is 15.9. The molecule has 20 heavy (non-hydrogen) atoms. The molecule has 0 unspecified atom stereocenters. The Bertz CT molecular complexity index is 546. The zero-order chi connectivity index (χ0) is 14.8. The zero-order valence-corrected chi connectivity index (χ0v) is 13.7. The molecule has 1 aliphatic rings. The van der Waals surface area contributed by atoms with Crippen molar-refractivity contribution in [2.75, 3.05) is 26.7 Å². The van der Waals surface area contributed by atoms with Gasteiger partial charge in [0.25, 0.3) is 0 Å². The summed E-state index contributed by atoms with van der Waals surface area (Å²) in [5.74, 6) is 0.432. The fraction of sp³-hybridized carbons (Fsp3) is 0.692. The number of nitrogens with one attached hydrogen (secondary N) is 1. The number of nitrogens with two attached hydrogens (primary N) is 1. The normalized spacial score (nSPS) is 18.6. The molecule has 1 aliphatic heterocycles. The Labute approximate surface area is 125 Å². The minimum atomic E-state index is -3.44. The van der Waals surface area contributed by atoms with E-state index in [4.69, 9.17) is 5.73 Å². The van der Waals surface area contributed by atoms with Crippen molar-refractivity contribution in [2.24, 2.45) is 11.7 Å². The minimum Gasteiger partial charge on any atom is -0.326 e. The number of likely N-dealkylation sites (tertiary alicyclic amines) is 1. The predicted octanol–water partition coefficient (Wildman–Crippen LogP) is 1.14. The maximum Gasteiger partial charge on any atom is 0.241 e. The van der Waals surface area contributed by atoms with Crippen LogP contribution in [0.1, 0.15) is 23.3 Å². The van der Waals surface area contributed by atoms with E-state index in [0.717, 1.165) is 36.4 Å². The Balaban J connectivity index is 2.02. The van der Waals surface area contributed by atoms with Gasteiger partial charge in [-0.15, -0.1) is 11.3 Å². The molecule has 5 nitrogen and oxygen atoms in total. The maximum atomic E-state index is 12.4. The first-order valence-corrected chi connectivity index (χ1v) is 9.25. The molecule has 2 heterocycles. The molecule has 0 bridgehead atoms. The zero-order valence-electron chi connectivity index (χ0n) is 12.1. The molecular formula is C13H23N3O2S2. The Morgan fingerprint density at radius 3 is 2.70 bits per heavy atom. The second-order valence-electron chi connectivity index (χ2n) is 5.47. The summed E-state index contributed by atoms with van der Waals surface area (Å²) in [6.45, 7) is 4.69. The van der Waals surface area contributed by atoms with Gasteiger partial charge < -0.3 is 10.6 Å². The highest BCUT2D eigenvalue weighted by molar-refractivity contribution is 7.89. The smallest absolute Gasteiger partial charge is 0.241 e. The van der Waals surface area contributed by atoms with Crippen LogP contribution in [0, 0.1) is 12.8 Å². The monoisotopic (exact) mass is 317 g/mol. The van der Waals surface area contributed by atoms with Crippen LogP contribution in [-0.2, 0) is 16.6 Å². The van der Waals surface area contributed by atoms with Crippen molar-refractivity contribution in [3.8, 4) is 0 Å². The first-order chi connectivity index (χ1) is 9.44. The molecule has 1 aromatic heterocycles. The van der Waals surface area contributed by atoms with Crippen molar-refractivity contribution in [1.29, 1.82) is 0 Å². The second kappa shape index (κ2) is 6.53. The van der Waals surface area contributed by atoms with E-state index in [1.807, 2.05) is 12.3 Å². The van der Waals surface area contributed by atoms with Gasteiger partial charge in [-0.3, -0.25) is 0 Å². The fourth-order valence-corrected chi connectivity index (χ4v) is 5.37. The molecule has 7 heteroatoms. The molecular weight excluding hydrogens is 294 g/mol. The number of nitrogens with zero attached hydrogens (tertiary/aromatic N) is 1. The first-order valence-electron chi connectivity index (χ1n) is 6.89. The van der Waals surface area contributed by atoms with E-state index >= 15 is 0 Å². The van der Waals surface area contributed by atoms with Gasteiger partial charge in [-0.25, -0.2) is 13.1 Å². The van der Waals surface area contributed by atoms with Gasteiger partial charge in [-0.05, 0) is 56.8 Å². The molecule has 0 saturated carbocycles. The van der Waals surface area contributed by atoms with Crippen LogP contribution in [-0.4, -0.2) is 40.0 Å². The number of thiophene rings is 1. The molecule has 114 valence electrons. The van der Waals surface area contributed by atoms with Crippen LogP contribution in [0.2, 0.25) is 0 Å². The fourth-order valence-electron chi connectivity index (χ4n) is 2.55. The summed E-state index contributed by atoms with van der Waals surface area (Å²) < 4.78 is 27.6.